The summed E-state index contributed by atoms with van der Waals surface area (Å²) in [6.07, 6.45) is 1.57. The number of rotatable bonds is 4. The third kappa shape index (κ3) is 3.27. The van der Waals surface area contributed by atoms with Crippen molar-refractivity contribution in [2.75, 3.05) is 13.7 Å². The summed E-state index contributed by atoms with van der Waals surface area (Å²) in [5.74, 6) is 1.47. The minimum Gasteiger partial charge on any atom is -0.497 e. The standard InChI is InChI=1S/C19H23NO2S/c1-13(2)12-18(21)20-10-8-17-16(9-11-23-17)19(20)14-4-6-15(22-3)7-5-14/h4-7,9,11,13,19H,8,10,12H2,1-3H3/t19-/m0/s1. The fraction of sp³-hybridized carbons (Fsp3) is 0.421. The second-order valence-corrected chi connectivity index (χ2v) is 7.41. The van der Waals surface area contributed by atoms with Gasteiger partial charge in [0, 0.05) is 17.8 Å². The van der Waals surface area contributed by atoms with Gasteiger partial charge in [0.25, 0.3) is 0 Å². The summed E-state index contributed by atoms with van der Waals surface area (Å²) in [6, 6.07) is 10.3. The molecule has 0 spiro atoms. The number of fused-ring (bicyclic) bond motifs is 1. The fourth-order valence-electron chi connectivity index (χ4n) is 3.20. The van der Waals surface area contributed by atoms with Crippen molar-refractivity contribution in [1.29, 1.82) is 0 Å². The van der Waals surface area contributed by atoms with E-state index in [0.29, 0.717) is 12.3 Å². The molecule has 4 heteroatoms. The van der Waals surface area contributed by atoms with Gasteiger partial charge in [0.2, 0.25) is 5.91 Å². The third-order valence-corrected chi connectivity index (χ3v) is 5.30. The van der Waals surface area contributed by atoms with E-state index in [0.717, 1.165) is 24.3 Å². The molecule has 1 aliphatic rings. The number of hydrogen-bond donors (Lipinski definition) is 0. The number of methoxy groups -OCH3 is 1. The van der Waals surface area contributed by atoms with Crippen LogP contribution in [-0.2, 0) is 11.2 Å². The number of ether oxygens (including phenoxy) is 1. The van der Waals surface area contributed by atoms with E-state index in [1.165, 1.54) is 10.4 Å². The van der Waals surface area contributed by atoms with Crippen molar-refractivity contribution in [3.05, 3.63) is 51.7 Å². The molecule has 0 saturated heterocycles. The lowest BCUT2D eigenvalue weighted by Gasteiger charge is -2.37. The Balaban J connectivity index is 1.97. The number of hydrogen-bond acceptors (Lipinski definition) is 3. The smallest absolute Gasteiger partial charge is 0.223 e. The van der Waals surface area contributed by atoms with E-state index in [-0.39, 0.29) is 11.9 Å². The molecule has 1 aromatic heterocycles. The number of nitrogens with zero attached hydrogens (tertiary/aromatic N) is 1. The van der Waals surface area contributed by atoms with E-state index >= 15 is 0 Å². The molecular weight excluding hydrogens is 306 g/mol. The van der Waals surface area contributed by atoms with Crippen molar-refractivity contribution >= 4 is 17.2 Å². The van der Waals surface area contributed by atoms with Crippen LogP contribution in [-0.4, -0.2) is 24.5 Å². The minimum atomic E-state index is 0.0298. The Kier molecular flexibility index (Phi) is 4.71. The van der Waals surface area contributed by atoms with E-state index in [1.807, 2.05) is 12.1 Å². The Labute approximate surface area is 141 Å². The first kappa shape index (κ1) is 16.1. The van der Waals surface area contributed by atoms with Gasteiger partial charge in [-0.15, -0.1) is 11.3 Å². The maximum atomic E-state index is 12.8. The predicted octanol–water partition coefficient (Wildman–Crippen LogP) is 4.28. The number of amides is 1. The lowest BCUT2D eigenvalue weighted by atomic mass is 9.92. The normalized spacial score (nSPS) is 17.2. The van der Waals surface area contributed by atoms with E-state index in [4.69, 9.17) is 4.74 Å². The molecule has 2 aromatic rings. The molecule has 1 aromatic carbocycles. The Morgan fingerprint density at radius 1 is 1.30 bits per heavy atom. The summed E-state index contributed by atoms with van der Waals surface area (Å²) in [4.78, 5) is 16.2. The average Bonchev–Trinajstić information content (AvgIpc) is 3.02. The number of thiophene rings is 1. The molecule has 1 amide bonds. The van der Waals surface area contributed by atoms with Crippen LogP contribution in [0.4, 0.5) is 0 Å². The van der Waals surface area contributed by atoms with Crippen molar-refractivity contribution in [2.24, 2.45) is 5.92 Å². The average molecular weight is 329 g/mol. The third-order valence-electron chi connectivity index (χ3n) is 4.30. The van der Waals surface area contributed by atoms with Gasteiger partial charge in [0.1, 0.15) is 5.75 Å². The summed E-state index contributed by atoms with van der Waals surface area (Å²) < 4.78 is 5.26. The highest BCUT2D eigenvalue weighted by molar-refractivity contribution is 7.10. The van der Waals surface area contributed by atoms with Gasteiger partial charge in [-0.3, -0.25) is 4.79 Å². The molecule has 3 nitrogen and oxygen atoms in total. The monoisotopic (exact) mass is 329 g/mol. The highest BCUT2D eigenvalue weighted by Crippen LogP contribution is 2.38. The zero-order valence-corrected chi connectivity index (χ0v) is 14.7. The van der Waals surface area contributed by atoms with Crippen molar-refractivity contribution in [2.45, 2.75) is 32.7 Å². The molecule has 0 bridgehead atoms. The zero-order chi connectivity index (χ0) is 16.4. The summed E-state index contributed by atoms with van der Waals surface area (Å²) >= 11 is 1.80. The van der Waals surface area contributed by atoms with Crippen LogP contribution in [0.5, 0.6) is 5.75 Å². The van der Waals surface area contributed by atoms with Gasteiger partial charge in [-0.2, -0.15) is 0 Å². The van der Waals surface area contributed by atoms with Gasteiger partial charge >= 0.3 is 0 Å². The van der Waals surface area contributed by atoms with E-state index in [2.05, 4.69) is 42.3 Å². The molecule has 1 atom stereocenters. The number of carbonyl (C=O) groups is 1. The maximum Gasteiger partial charge on any atom is 0.223 e. The summed E-state index contributed by atoms with van der Waals surface area (Å²) in [7, 11) is 1.67. The van der Waals surface area contributed by atoms with Gasteiger partial charge in [0.15, 0.2) is 0 Å². The SMILES string of the molecule is COc1ccc([C@H]2c3ccsc3CCN2C(=O)CC(C)C)cc1. The Morgan fingerprint density at radius 3 is 2.70 bits per heavy atom. The van der Waals surface area contributed by atoms with Crippen LogP contribution in [0, 0.1) is 5.92 Å². The second kappa shape index (κ2) is 6.75. The largest absolute Gasteiger partial charge is 0.497 e. The topological polar surface area (TPSA) is 29.5 Å². The van der Waals surface area contributed by atoms with E-state index in [9.17, 15) is 4.79 Å². The number of carbonyl (C=O) groups excluding carboxylic acids is 1. The van der Waals surface area contributed by atoms with Crippen LogP contribution in [0.15, 0.2) is 35.7 Å². The molecule has 23 heavy (non-hydrogen) atoms. The first-order valence-electron chi connectivity index (χ1n) is 8.10. The lowest BCUT2D eigenvalue weighted by Crippen LogP contribution is -2.40. The highest BCUT2D eigenvalue weighted by Gasteiger charge is 2.32. The highest BCUT2D eigenvalue weighted by atomic mass is 32.1. The maximum absolute atomic E-state index is 12.8. The second-order valence-electron chi connectivity index (χ2n) is 6.41. The fourth-order valence-corrected chi connectivity index (χ4v) is 4.10. The molecule has 0 radical (unpaired) electrons. The van der Waals surface area contributed by atoms with Crippen molar-refractivity contribution in [3.8, 4) is 5.75 Å². The minimum absolute atomic E-state index is 0.0298. The van der Waals surface area contributed by atoms with Crippen molar-refractivity contribution in [3.63, 3.8) is 0 Å². The first-order chi connectivity index (χ1) is 11.1. The van der Waals surface area contributed by atoms with Gasteiger partial charge < -0.3 is 9.64 Å². The van der Waals surface area contributed by atoms with Crippen molar-refractivity contribution in [1.82, 2.24) is 4.90 Å². The molecule has 0 saturated carbocycles. The van der Waals surface area contributed by atoms with Gasteiger partial charge in [-0.05, 0) is 47.0 Å². The predicted molar refractivity (Wildman–Crippen MR) is 94.0 cm³/mol. The van der Waals surface area contributed by atoms with Crippen LogP contribution >= 0.6 is 11.3 Å². The van der Waals surface area contributed by atoms with E-state index < -0.39 is 0 Å². The van der Waals surface area contributed by atoms with Crippen LogP contribution in [0.1, 0.15) is 42.3 Å². The van der Waals surface area contributed by atoms with Crippen LogP contribution < -0.4 is 4.74 Å². The summed E-state index contributed by atoms with van der Waals surface area (Å²) in [5, 5.41) is 2.14. The van der Waals surface area contributed by atoms with Crippen LogP contribution in [0.3, 0.4) is 0 Å². The molecular formula is C19H23NO2S. The van der Waals surface area contributed by atoms with Gasteiger partial charge in [-0.1, -0.05) is 26.0 Å². The summed E-state index contributed by atoms with van der Waals surface area (Å²) in [6.45, 7) is 5.00. The Morgan fingerprint density at radius 2 is 2.04 bits per heavy atom. The quantitative estimate of drug-likeness (QED) is 0.838. The van der Waals surface area contributed by atoms with Crippen LogP contribution in [0.2, 0.25) is 0 Å². The Hall–Kier alpha value is -1.81. The molecule has 2 heterocycles. The number of benzene rings is 1. The molecule has 0 N–H and O–H groups in total. The van der Waals surface area contributed by atoms with Crippen LogP contribution in [0.25, 0.3) is 0 Å². The van der Waals surface area contributed by atoms with Gasteiger partial charge in [-0.25, -0.2) is 0 Å². The molecule has 122 valence electrons. The molecule has 0 aliphatic carbocycles. The molecule has 0 fully saturated rings. The summed E-state index contributed by atoms with van der Waals surface area (Å²) in [5.41, 5.74) is 2.44. The molecule has 0 unspecified atom stereocenters. The zero-order valence-electron chi connectivity index (χ0n) is 13.9. The first-order valence-corrected chi connectivity index (χ1v) is 8.97. The van der Waals surface area contributed by atoms with Crippen molar-refractivity contribution < 1.29 is 9.53 Å². The molecule has 3 rings (SSSR count). The van der Waals surface area contributed by atoms with Gasteiger partial charge in [0.05, 0.1) is 13.2 Å². The molecule has 1 aliphatic heterocycles. The van der Waals surface area contributed by atoms with E-state index in [1.54, 1.807) is 18.4 Å². The lowest BCUT2D eigenvalue weighted by molar-refractivity contribution is -0.134. The Bertz CT molecular complexity index is 675.